The number of amides is 1. The first-order chi connectivity index (χ1) is 16.6. The molecule has 4 rings (SSSR count). The number of aromatic nitrogens is 1. The smallest absolute Gasteiger partial charge is 0.303 e. The number of guanidine groups is 1. The van der Waals surface area contributed by atoms with Gasteiger partial charge < -0.3 is 20.6 Å². The fourth-order valence-corrected chi connectivity index (χ4v) is 4.60. The molecule has 0 spiro atoms. The van der Waals surface area contributed by atoms with E-state index in [9.17, 15) is 9.59 Å². The maximum Gasteiger partial charge on any atom is 0.303 e. The van der Waals surface area contributed by atoms with Crippen molar-refractivity contribution in [1.29, 1.82) is 0 Å². The molecule has 0 unspecified atom stereocenters. The van der Waals surface area contributed by atoms with Gasteiger partial charge >= 0.3 is 5.97 Å². The minimum atomic E-state index is -0.785. The third kappa shape index (κ3) is 6.56. The minimum Gasteiger partial charge on any atom is -0.481 e. The van der Waals surface area contributed by atoms with Crippen molar-refractivity contribution in [2.45, 2.75) is 44.9 Å². The van der Waals surface area contributed by atoms with Crippen LogP contribution in [0.2, 0.25) is 0 Å². The Morgan fingerprint density at radius 3 is 2.76 bits per heavy atom. The second-order valence-electron chi connectivity index (χ2n) is 8.99. The molecule has 1 saturated heterocycles. The summed E-state index contributed by atoms with van der Waals surface area (Å²) in [6.07, 6.45) is 7.26. The molecule has 180 valence electrons. The molecule has 8 heteroatoms. The Morgan fingerprint density at radius 2 is 2.00 bits per heavy atom. The lowest BCUT2D eigenvalue weighted by Gasteiger charge is -2.32. The number of benzene rings is 1. The first-order valence-electron chi connectivity index (χ1n) is 12.2. The molecule has 1 aromatic heterocycles. The predicted octanol–water partition coefficient (Wildman–Crippen LogP) is 3.35. The lowest BCUT2D eigenvalue weighted by atomic mass is 9.90. The fourth-order valence-electron chi connectivity index (χ4n) is 4.60. The normalized spacial score (nSPS) is 16.5. The molecule has 0 radical (unpaired) electrons. The van der Waals surface area contributed by atoms with E-state index in [4.69, 9.17) is 5.11 Å². The van der Waals surface area contributed by atoms with Crippen LogP contribution in [0, 0.1) is 5.92 Å². The molecular formula is C26H33N5O3. The van der Waals surface area contributed by atoms with E-state index in [1.54, 1.807) is 6.20 Å². The van der Waals surface area contributed by atoms with Gasteiger partial charge in [-0.25, -0.2) is 0 Å². The van der Waals surface area contributed by atoms with Gasteiger partial charge in [0.1, 0.15) is 0 Å². The van der Waals surface area contributed by atoms with Gasteiger partial charge in [0.05, 0.1) is 0 Å². The van der Waals surface area contributed by atoms with E-state index in [0.29, 0.717) is 17.9 Å². The van der Waals surface area contributed by atoms with Crippen LogP contribution in [0.15, 0.2) is 47.6 Å². The number of pyridine rings is 1. The first-order valence-corrected chi connectivity index (χ1v) is 12.2. The topological polar surface area (TPSA) is 107 Å². The van der Waals surface area contributed by atoms with Crippen molar-refractivity contribution in [1.82, 2.24) is 15.2 Å². The van der Waals surface area contributed by atoms with Gasteiger partial charge in [-0.3, -0.25) is 19.6 Å². The van der Waals surface area contributed by atoms with Gasteiger partial charge in [0.15, 0.2) is 5.96 Å². The third-order valence-corrected chi connectivity index (χ3v) is 6.55. The highest BCUT2D eigenvalue weighted by Gasteiger charge is 2.24. The summed E-state index contributed by atoms with van der Waals surface area (Å²) in [5.74, 6) is 0.589. The monoisotopic (exact) mass is 463 g/mol. The van der Waals surface area contributed by atoms with Crippen molar-refractivity contribution in [2.24, 2.45) is 10.9 Å². The Kier molecular flexibility index (Phi) is 8.12. The maximum absolute atomic E-state index is 13.1. The van der Waals surface area contributed by atoms with Crippen molar-refractivity contribution in [3.8, 4) is 0 Å². The first kappa shape index (κ1) is 23.7. The molecule has 0 atom stereocenters. The molecular weight excluding hydrogens is 430 g/mol. The number of hydrogen-bond acceptors (Lipinski definition) is 6. The van der Waals surface area contributed by atoms with Crippen LogP contribution in [-0.2, 0) is 17.6 Å². The maximum atomic E-state index is 13.1. The van der Waals surface area contributed by atoms with Gasteiger partial charge in [0, 0.05) is 55.7 Å². The lowest BCUT2D eigenvalue weighted by Crippen LogP contribution is -2.38. The van der Waals surface area contributed by atoms with Crippen LogP contribution in [0.5, 0.6) is 0 Å². The van der Waals surface area contributed by atoms with Gasteiger partial charge in [-0.15, -0.1) is 0 Å². The quantitative estimate of drug-likeness (QED) is 0.554. The second kappa shape index (κ2) is 11.6. The Labute approximate surface area is 200 Å². The Morgan fingerprint density at radius 1 is 1.15 bits per heavy atom. The standard InChI is InChI=1S/C26H33N5O3/c32-24(33)10-8-20-5-2-13-27-23(20)9-7-19-11-16-31(17-12-19)25(34)21-4-1-6-22(18-21)30-26-28-14-3-15-29-26/h1-2,4-6,13,18-19H,3,7-12,14-17H2,(H,32,33)(H2,28,29,30). The van der Waals surface area contributed by atoms with Crippen LogP contribution in [0.25, 0.3) is 0 Å². The molecule has 0 aliphatic carbocycles. The third-order valence-electron chi connectivity index (χ3n) is 6.55. The number of carbonyl (C=O) groups excluding carboxylic acids is 1. The number of carboxylic acid groups (broad SMARTS) is 1. The van der Waals surface area contributed by atoms with E-state index in [1.807, 2.05) is 41.3 Å². The van der Waals surface area contributed by atoms with E-state index in [-0.39, 0.29) is 12.3 Å². The molecule has 8 nitrogen and oxygen atoms in total. The van der Waals surface area contributed by atoms with Gasteiger partial charge in [-0.05, 0) is 74.3 Å². The van der Waals surface area contributed by atoms with E-state index in [2.05, 4.69) is 20.6 Å². The Bertz CT molecular complexity index is 1030. The average Bonchev–Trinajstić information content (AvgIpc) is 2.87. The van der Waals surface area contributed by atoms with Gasteiger partial charge in [0.2, 0.25) is 0 Å². The van der Waals surface area contributed by atoms with Crippen LogP contribution in [0.3, 0.4) is 0 Å². The molecule has 0 bridgehead atoms. The summed E-state index contributed by atoms with van der Waals surface area (Å²) in [6.45, 7) is 3.23. The highest BCUT2D eigenvalue weighted by Crippen LogP contribution is 2.25. The number of piperidine rings is 1. The zero-order valence-corrected chi connectivity index (χ0v) is 19.5. The number of carboxylic acids is 1. The minimum absolute atomic E-state index is 0.0707. The fraction of sp³-hybridized carbons (Fsp3) is 0.462. The van der Waals surface area contributed by atoms with Crippen molar-refractivity contribution >= 4 is 23.5 Å². The van der Waals surface area contributed by atoms with Crippen molar-refractivity contribution in [3.05, 3.63) is 59.4 Å². The number of carbonyl (C=O) groups is 2. The number of rotatable bonds is 8. The molecule has 1 aromatic carbocycles. The average molecular weight is 464 g/mol. The van der Waals surface area contributed by atoms with E-state index < -0.39 is 5.97 Å². The van der Waals surface area contributed by atoms with Crippen LogP contribution in [0.1, 0.15) is 53.7 Å². The SMILES string of the molecule is O=C(O)CCc1cccnc1CCC1CCN(C(=O)c2cccc(NC3=NCCCN3)c2)CC1. The number of aliphatic imine (C=N–C) groups is 1. The zero-order chi connectivity index (χ0) is 23.8. The Hall–Kier alpha value is -3.42. The lowest BCUT2D eigenvalue weighted by molar-refractivity contribution is -0.136. The number of nitrogens with zero attached hydrogens (tertiary/aromatic N) is 3. The number of hydrogen-bond donors (Lipinski definition) is 3. The van der Waals surface area contributed by atoms with E-state index in [1.165, 1.54) is 0 Å². The number of anilines is 1. The summed E-state index contributed by atoms with van der Waals surface area (Å²) < 4.78 is 0. The zero-order valence-electron chi connectivity index (χ0n) is 19.5. The summed E-state index contributed by atoms with van der Waals surface area (Å²) >= 11 is 0. The molecule has 1 amide bonds. The summed E-state index contributed by atoms with van der Waals surface area (Å²) in [4.78, 5) is 34.9. The molecule has 2 aromatic rings. The number of likely N-dealkylation sites (tertiary alicyclic amines) is 1. The number of aliphatic carboxylic acids is 1. The molecule has 1 fully saturated rings. The van der Waals surface area contributed by atoms with Crippen LogP contribution in [0.4, 0.5) is 5.69 Å². The van der Waals surface area contributed by atoms with Gasteiger partial charge in [-0.2, -0.15) is 0 Å². The van der Waals surface area contributed by atoms with Crippen molar-refractivity contribution in [3.63, 3.8) is 0 Å². The second-order valence-corrected chi connectivity index (χ2v) is 8.99. The molecule has 34 heavy (non-hydrogen) atoms. The molecule has 2 aliphatic heterocycles. The van der Waals surface area contributed by atoms with E-state index >= 15 is 0 Å². The van der Waals surface area contributed by atoms with E-state index in [0.717, 1.165) is 81.2 Å². The molecule has 3 heterocycles. The highest BCUT2D eigenvalue weighted by molar-refractivity contribution is 5.98. The summed E-state index contributed by atoms with van der Waals surface area (Å²) in [7, 11) is 0. The summed E-state index contributed by atoms with van der Waals surface area (Å²) in [6, 6.07) is 11.5. The van der Waals surface area contributed by atoms with Crippen molar-refractivity contribution in [2.75, 3.05) is 31.5 Å². The van der Waals surface area contributed by atoms with Gasteiger partial charge in [0.25, 0.3) is 5.91 Å². The van der Waals surface area contributed by atoms with Crippen LogP contribution in [-0.4, -0.2) is 59.0 Å². The number of aryl methyl sites for hydroxylation is 2. The van der Waals surface area contributed by atoms with Crippen LogP contribution >= 0.6 is 0 Å². The predicted molar refractivity (Wildman–Crippen MR) is 132 cm³/mol. The largest absolute Gasteiger partial charge is 0.481 e. The molecule has 2 aliphatic rings. The Balaban J connectivity index is 1.27. The summed E-state index contributed by atoms with van der Waals surface area (Å²) in [5, 5.41) is 15.5. The summed E-state index contributed by atoms with van der Waals surface area (Å²) in [5.41, 5.74) is 3.59. The van der Waals surface area contributed by atoms with Crippen molar-refractivity contribution < 1.29 is 14.7 Å². The van der Waals surface area contributed by atoms with Gasteiger partial charge in [-0.1, -0.05) is 12.1 Å². The molecule has 0 saturated carbocycles. The highest BCUT2D eigenvalue weighted by atomic mass is 16.4. The number of nitrogens with one attached hydrogen (secondary N) is 2. The molecule has 3 N–H and O–H groups in total. The van der Waals surface area contributed by atoms with Crippen LogP contribution < -0.4 is 10.6 Å².